The van der Waals surface area contributed by atoms with Gasteiger partial charge in [-0.15, -0.1) is 5.10 Å². The molecule has 2 bridgehead atoms. The molecule has 5 aliphatic rings. The maximum Gasteiger partial charge on any atom is 0.308 e. The van der Waals surface area contributed by atoms with E-state index in [0.717, 1.165) is 29.5 Å². The molecule has 0 radical (unpaired) electrons. The van der Waals surface area contributed by atoms with Crippen LogP contribution in [-0.2, 0) is 79.1 Å². The molecule has 0 aliphatic carbocycles. The van der Waals surface area contributed by atoms with Crippen LogP contribution >= 0.6 is 0 Å². The number of carbonyl (C=O) groups excluding carboxylic acids is 3. The highest BCUT2D eigenvalue weighted by atomic mass is 28.4. The highest BCUT2D eigenvalue weighted by molar-refractivity contribution is 6.74. The average Bonchev–Trinajstić information content (AvgIpc) is 1.65. The fraction of sp³-hybridized carbons (Fsp3) is 0.773. The summed E-state index contributed by atoms with van der Waals surface area (Å²) < 4.78 is 74.5. The second kappa shape index (κ2) is 31.7. The van der Waals surface area contributed by atoms with E-state index in [0.29, 0.717) is 44.3 Å². The van der Waals surface area contributed by atoms with Crippen molar-refractivity contribution in [3.8, 4) is 0 Å². The van der Waals surface area contributed by atoms with E-state index in [1.807, 2.05) is 84.1 Å². The summed E-state index contributed by atoms with van der Waals surface area (Å²) >= 11 is 0. The van der Waals surface area contributed by atoms with Crippen molar-refractivity contribution in [2.75, 3.05) is 28.3 Å². The molecular formula is C66H108N6O16Si. The zero-order valence-corrected chi connectivity index (χ0v) is 57.3. The first-order chi connectivity index (χ1) is 41.9. The lowest BCUT2D eigenvalue weighted by molar-refractivity contribution is -0.343. The van der Waals surface area contributed by atoms with E-state index in [1.54, 1.807) is 34.1 Å². The van der Waals surface area contributed by atoms with Gasteiger partial charge in [-0.3, -0.25) is 14.4 Å². The average molecular weight is 1270 g/mol. The molecule has 1 aromatic carbocycles. The minimum absolute atomic E-state index is 0.0359. The van der Waals surface area contributed by atoms with Crippen molar-refractivity contribution in [2.24, 2.45) is 11.8 Å². The van der Waals surface area contributed by atoms with E-state index in [-0.39, 0.29) is 54.2 Å². The normalized spacial score (nSPS) is 36.4. The van der Waals surface area contributed by atoms with Gasteiger partial charge in [0.2, 0.25) is 5.91 Å². The summed E-state index contributed by atoms with van der Waals surface area (Å²) in [6.07, 6.45) is 1.72. The van der Waals surface area contributed by atoms with Gasteiger partial charge in [0.1, 0.15) is 42.3 Å². The number of amides is 1. The largest absolute Gasteiger partial charge is 0.462 e. The fourth-order valence-corrected chi connectivity index (χ4v) is 13.9. The number of allylic oxidation sites excluding steroid dienone is 2. The standard InChI is InChI=1S/C66H108N6O16Si/c1-38-27-28-39(2)47(31-38)36-68-63(76)42(5)72-37-48(69-70-72)24-22-26-52(73)85-62-45(8)81-56(35-66(62,12)77)86-59-44(7)82-64(58(75)57(59)71(14)15)87-60-46-32-40(3)50(83-54-30-29-49(67-13)43(6)80-54)25-21-19-20-23-41(4)79-53(74)34-51(61(60)78-16)84-55(33-46)88-89(17,18)65(9,10)11/h19-21,25,27-28,31,37,40-46,49-51,54-62,64,67,75,77H,22-24,26,29-30,32-36H2,1-18H3,(H,68,76)/b20-19+,25-21+/t40-,41-,42+,43-,44-,45+,46-,49+,50+,51-,54+,55?,56+,57-,58-,59-,60+,61+,62+,64+,66-/m1/s1. The van der Waals surface area contributed by atoms with Crippen LogP contribution in [0, 0.1) is 25.7 Å². The number of likely N-dealkylation sites (N-methyl/N-ethyl adjacent to an activating group) is 2. The highest BCUT2D eigenvalue weighted by Gasteiger charge is 2.54. The molecule has 5 aliphatic heterocycles. The van der Waals surface area contributed by atoms with Gasteiger partial charge in [-0.1, -0.05) is 81.0 Å². The fourth-order valence-electron chi connectivity index (χ4n) is 12.8. The molecule has 1 aromatic heterocycles. The monoisotopic (exact) mass is 1270 g/mol. The number of cyclic esters (lactones) is 1. The molecule has 502 valence electrons. The zero-order chi connectivity index (χ0) is 65.3. The van der Waals surface area contributed by atoms with Crippen molar-refractivity contribution < 1.29 is 76.4 Å². The van der Waals surface area contributed by atoms with E-state index in [4.69, 9.17) is 51.8 Å². The molecule has 22 nitrogen and oxygen atoms in total. The number of esters is 2. The van der Waals surface area contributed by atoms with Gasteiger partial charge >= 0.3 is 11.9 Å². The van der Waals surface area contributed by atoms with Gasteiger partial charge in [-0.25, -0.2) is 4.68 Å². The molecule has 21 atom stereocenters. The van der Waals surface area contributed by atoms with E-state index < -0.39 is 124 Å². The molecular weight excluding hydrogens is 1160 g/mol. The maximum atomic E-state index is 14.0. The second-order valence-corrected chi connectivity index (χ2v) is 32.5. The lowest BCUT2D eigenvalue weighted by Gasteiger charge is -2.50. The van der Waals surface area contributed by atoms with Crippen LogP contribution in [0.2, 0.25) is 18.1 Å². The molecule has 4 fully saturated rings. The number of hydrogen-bond donors (Lipinski definition) is 4. The second-order valence-electron chi connectivity index (χ2n) is 27.8. The molecule has 6 heterocycles. The summed E-state index contributed by atoms with van der Waals surface area (Å²) in [4.78, 5) is 42.3. The van der Waals surface area contributed by atoms with Crippen LogP contribution in [0.5, 0.6) is 0 Å². The number of fused-ring (bicyclic) bond motifs is 3. The number of ether oxygens (including phenoxy) is 10. The maximum absolute atomic E-state index is 14.0. The number of hydrogen-bond acceptors (Lipinski definition) is 20. The van der Waals surface area contributed by atoms with Crippen molar-refractivity contribution in [3.63, 3.8) is 0 Å². The summed E-state index contributed by atoms with van der Waals surface area (Å²) in [6.45, 7) is 28.3. The number of benzene rings is 1. The summed E-state index contributed by atoms with van der Waals surface area (Å²) in [6, 6.07) is 5.02. The number of nitrogens with one attached hydrogen (secondary N) is 2. The Morgan fingerprint density at radius 1 is 0.933 bits per heavy atom. The molecule has 2 aromatic rings. The Bertz CT molecular complexity index is 2670. The van der Waals surface area contributed by atoms with E-state index in [9.17, 15) is 24.6 Å². The minimum Gasteiger partial charge on any atom is -0.462 e. The van der Waals surface area contributed by atoms with Crippen LogP contribution in [0.3, 0.4) is 0 Å². The highest BCUT2D eigenvalue weighted by Crippen LogP contribution is 2.44. The van der Waals surface area contributed by atoms with Crippen molar-refractivity contribution in [1.29, 1.82) is 0 Å². The number of carbonyl (C=O) groups is 3. The van der Waals surface area contributed by atoms with Gasteiger partial charge in [0.05, 0.1) is 54.8 Å². The van der Waals surface area contributed by atoms with Crippen molar-refractivity contribution in [1.82, 2.24) is 30.5 Å². The summed E-state index contributed by atoms with van der Waals surface area (Å²) in [7, 11) is 4.70. The SMILES string of the molecule is CN[C@H]1CC[C@H](O[C@H]2/C=C/C=C/C[C@@H](C)OC(=O)C[C@H]3OC(O[Si](C)(C)C(C)(C)C)C[C@@H](C[C@H]2C)[C@H](O[C@@H]2O[C@H](C)[C@@H](O[C@H]4C[C@@](C)(O)[C@@H](OC(=O)CCCc5cn([C@@H](C)C(=O)NCc6cc(C)ccc6C)nn5)[C@H](C)O4)[C@H](N(C)C)[C@H]2O)[C@H]3OC)O[C@@H]1C. The van der Waals surface area contributed by atoms with Crippen LogP contribution in [0.1, 0.15) is 155 Å². The Labute approximate surface area is 530 Å². The molecule has 23 heteroatoms. The molecule has 1 amide bonds. The Kier molecular flexibility index (Phi) is 25.8. The predicted octanol–water partition coefficient (Wildman–Crippen LogP) is 7.83. The van der Waals surface area contributed by atoms with E-state index in [2.05, 4.69) is 80.8 Å². The topological polar surface area (TPSA) is 251 Å². The molecule has 1 unspecified atom stereocenters. The van der Waals surface area contributed by atoms with Gasteiger partial charge in [-0.05, 0) is 150 Å². The third-order valence-electron chi connectivity index (χ3n) is 19.1. The Hall–Kier alpha value is -4.05. The Morgan fingerprint density at radius 3 is 2.34 bits per heavy atom. The Morgan fingerprint density at radius 2 is 1.66 bits per heavy atom. The molecule has 0 saturated carbocycles. The first kappa shape index (κ1) is 72.4. The van der Waals surface area contributed by atoms with E-state index >= 15 is 0 Å². The number of rotatable bonds is 20. The van der Waals surface area contributed by atoms with Crippen LogP contribution in [0.25, 0.3) is 0 Å². The molecule has 4 N–H and O–H groups in total. The first-order valence-electron chi connectivity index (χ1n) is 32.4. The minimum atomic E-state index is -2.51. The number of nitrogens with zero attached hydrogens (tertiary/aromatic N) is 4. The predicted molar refractivity (Wildman–Crippen MR) is 336 cm³/mol. The quantitative estimate of drug-likeness (QED) is 0.0728. The summed E-state index contributed by atoms with van der Waals surface area (Å²) in [5, 5.41) is 39.3. The van der Waals surface area contributed by atoms with Crippen molar-refractivity contribution in [2.45, 2.75) is 288 Å². The van der Waals surface area contributed by atoms with Crippen LogP contribution in [0.15, 0.2) is 48.7 Å². The Balaban J connectivity index is 1.04. The third kappa shape index (κ3) is 19.3. The molecule has 89 heavy (non-hydrogen) atoms. The summed E-state index contributed by atoms with van der Waals surface area (Å²) in [5.41, 5.74) is 2.31. The van der Waals surface area contributed by atoms with Crippen molar-refractivity contribution >= 4 is 26.2 Å². The number of aromatic nitrogens is 3. The molecule has 4 saturated heterocycles. The van der Waals surface area contributed by atoms with Crippen LogP contribution in [0.4, 0.5) is 0 Å². The number of aliphatic hydroxyl groups is 2. The number of aryl methyl sites for hydroxylation is 3. The number of aliphatic hydroxyl groups excluding tert-OH is 1. The summed E-state index contributed by atoms with van der Waals surface area (Å²) in [5.74, 6) is -1.67. The van der Waals surface area contributed by atoms with Gasteiger partial charge in [-0.2, -0.15) is 0 Å². The molecule has 0 spiro atoms. The third-order valence-corrected chi connectivity index (χ3v) is 23.5. The lowest BCUT2D eigenvalue weighted by Crippen LogP contribution is -2.65. The van der Waals surface area contributed by atoms with Gasteiger partial charge in [0, 0.05) is 51.6 Å². The molecule has 7 rings (SSSR count). The lowest BCUT2D eigenvalue weighted by atomic mass is 9.82. The van der Waals surface area contributed by atoms with Crippen LogP contribution in [-0.4, -0.2) is 195 Å². The zero-order valence-electron chi connectivity index (χ0n) is 56.3. The van der Waals surface area contributed by atoms with E-state index in [1.165, 1.54) is 4.68 Å². The van der Waals surface area contributed by atoms with Gasteiger partial charge in [0.15, 0.2) is 33.3 Å². The van der Waals surface area contributed by atoms with Crippen molar-refractivity contribution in [3.05, 3.63) is 71.1 Å². The van der Waals surface area contributed by atoms with Crippen LogP contribution < -0.4 is 10.6 Å². The smallest absolute Gasteiger partial charge is 0.308 e. The van der Waals surface area contributed by atoms with Gasteiger partial charge < -0.3 is 77.5 Å². The first-order valence-corrected chi connectivity index (χ1v) is 35.3. The van der Waals surface area contributed by atoms with Gasteiger partial charge in [0.25, 0.3) is 0 Å². The number of methoxy groups -OCH3 is 1.